The first-order chi connectivity index (χ1) is 16.5. The highest BCUT2D eigenvalue weighted by Gasteiger charge is 2.48. The zero-order chi connectivity index (χ0) is 24.2. The van der Waals surface area contributed by atoms with E-state index in [4.69, 9.17) is 9.47 Å². The van der Waals surface area contributed by atoms with Crippen molar-refractivity contribution in [2.75, 3.05) is 18.6 Å². The third-order valence-electron chi connectivity index (χ3n) is 5.38. The largest absolute Gasteiger partial charge is 0.507 e. The molecule has 10 heteroatoms. The number of ketones is 1. The highest BCUT2D eigenvalue weighted by atomic mass is 32.1. The summed E-state index contributed by atoms with van der Waals surface area (Å²) in [7, 11) is 1.52. The molecule has 1 N–H and O–H groups in total. The van der Waals surface area contributed by atoms with E-state index in [9.17, 15) is 14.7 Å². The molecule has 0 aliphatic carbocycles. The summed E-state index contributed by atoms with van der Waals surface area (Å²) in [4.78, 5) is 31.5. The monoisotopic (exact) mass is 480 g/mol. The maximum Gasteiger partial charge on any atom is 0.301 e. The van der Waals surface area contributed by atoms with Gasteiger partial charge in [0.15, 0.2) is 11.5 Å². The lowest BCUT2D eigenvalue weighted by molar-refractivity contribution is -0.132. The van der Waals surface area contributed by atoms with Crippen LogP contribution in [-0.4, -0.2) is 45.7 Å². The molecule has 0 radical (unpaired) electrons. The van der Waals surface area contributed by atoms with Gasteiger partial charge in [-0.3, -0.25) is 19.5 Å². The lowest BCUT2D eigenvalue weighted by Gasteiger charge is -2.23. The quantitative estimate of drug-likeness (QED) is 0.222. The van der Waals surface area contributed by atoms with Crippen LogP contribution in [0.2, 0.25) is 0 Å². The standard InChI is InChI=1S/C24H24N4O5S/c1-4-5-12-33-17-7-6-16(13-18(17)32-3)20-19(21(29)15-8-10-25-11-9-15)22(30)23(31)28(20)24-27-26-14(2)34-24/h6-11,13,20,29H,4-5,12H2,1-3H3/b21-19+. The van der Waals surface area contributed by atoms with Gasteiger partial charge in [-0.15, -0.1) is 10.2 Å². The summed E-state index contributed by atoms with van der Waals surface area (Å²) in [5, 5.41) is 20.1. The maximum atomic E-state index is 13.2. The molecule has 0 spiro atoms. The van der Waals surface area contributed by atoms with E-state index in [0.717, 1.165) is 12.8 Å². The smallest absolute Gasteiger partial charge is 0.301 e. The highest BCUT2D eigenvalue weighted by molar-refractivity contribution is 7.15. The molecule has 34 heavy (non-hydrogen) atoms. The fraction of sp³-hybridized carbons (Fsp3) is 0.292. The van der Waals surface area contributed by atoms with Gasteiger partial charge in [-0.25, -0.2) is 0 Å². The van der Waals surface area contributed by atoms with E-state index < -0.39 is 17.7 Å². The second-order valence-corrected chi connectivity index (χ2v) is 8.78. The third kappa shape index (κ3) is 4.36. The van der Waals surface area contributed by atoms with Crippen molar-refractivity contribution in [1.29, 1.82) is 0 Å². The Kier molecular flexibility index (Phi) is 6.87. The second kappa shape index (κ2) is 10.0. The van der Waals surface area contributed by atoms with Crippen molar-refractivity contribution in [3.8, 4) is 11.5 Å². The normalized spacial score (nSPS) is 17.3. The molecule has 1 saturated heterocycles. The van der Waals surface area contributed by atoms with Crippen molar-refractivity contribution in [3.63, 3.8) is 0 Å². The van der Waals surface area contributed by atoms with Gasteiger partial charge in [-0.05, 0) is 43.2 Å². The molecule has 2 aromatic heterocycles. The van der Waals surface area contributed by atoms with Crippen molar-refractivity contribution >= 4 is 33.9 Å². The van der Waals surface area contributed by atoms with E-state index in [2.05, 4.69) is 22.1 Å². The molecule has 176 valence electrons. The summed E-state index contributed by atoms with van der Waals surface area (Å²) < 4.78 is 11.4. The van der Waals surface area contributed by atoms with Crippen molar-refractivity contribution in [1.82, 2.24) is 15.2 Å². The number of unbranched alkanes of at least 4 members (excludes halogenated alkanes) is 1. The van der Waals surface area contributed by atoms with Gasteiger partial charge in [0.2, 0.25) is 5.13 Å². The number of anilines is 1. The Bertz CT molecular complexity index is 1240. The van der Waals surface area contributed by atoms with E-state index in [0.29, 0.717) is 34.2 Å². The Morgan fingerprint density at radius 3 is 2.56 bits per heavy atom. The SMILES string of the molecule is CCCCOc1ccc(C2/C(=C(\O)c3ccncc3)C(=O)C(=O)N2c2nnc(C)s2)cc1OC. The van der Waals surface area contributed by atoms with E-state index in [-0.39, 0.29) is 16.5 Å². The Labute approximate surface area is 200 Å². The minimum Gasteiger partial charge on any atom is -0.507 e. The van der Waals surface area contributed by atoms with Crippen molar-refractivity contribution in [2.45, 2.75) is 32.7 Å². The zero-order valence-electron chi connectivity index (χ0n) is 19.0. The van der Waals surface area contributed by atoms with Crippen LogP contribution in [0.3, 0.4) is 0 Å². The van der Waals surface area contributed by atoms with Crippen LogP contribution in [0.25, 0.3) is 5.76 Å². The summed E-state index contributed by atoms with van der Waals surface area (Å²) >= 11 is 1.19. The van der Waals surface area contributed by atoms with E-state index in [1.807, 2.05) is 0 Å². The first-order valence-electron chi connectivity index (χ1n) is 10.8. The average Bonchev–Trinajstić information content (AvgIpc) is 3.39. The Morgan fingerprint density at radius 2 is 1.91 bits per heavy atom. The molecular formula is C24H24N4O5S. The fourth-order valence-corrected chi connectivity index (χ4v) is 4.41. The number of methoxy groups -OCH3 is 1. The van der Waals surface area contributed by atoms with Gasteiger partial charge in [-0.2, -0.15) is 0 Å². The van der Waals surface area contributed by atoms with Crippen LogP contribution in [0.15, 0.2) is 48.3 Å². The number of aliphatic hydroxyl groups excluding tert-OH is 1. The van der Waals surface area contributed by atoms with Crippen LogP contribution >= 0.6 is 11.3 Å². The second-order valence-electron chi connectivity index (χ2n) is 7.62. The number of carbonyl (C=O) groups is 2. The number of carbonyl (C=O) groups excluding carboxylic acids is 2. The number of amides is 1. The molecule has 1 amide bonds. The van der Waals surface area contributed by atoms with E-state index in [1.165, 1.54) is 35.7 Å². The van der Waals surface area contributed by atoms with Crippen molar-refractivity contribution in [3.05, 3.63) is 64.4 Å². The molecule has 9 nitrogen and oxygen atoms in total. The molecule has 1 unspecified atom stereocenters. The molecule has 1 aliphatic heterocycles. The molecule has 1 fully saturated rings. The third-order valence-corrected chi connectivity index (χ3v) is 6.22. The van der Waals surface area contributed by atoms with Crippen molar-refractivity contribution < 1.29 is 24.2 Å². The minimum absolute atomic E-state index is 0.0502. The molecule has 3 aromatic rings. The molecular weight excluding hydrogens is 456 g/mol. The number of pyridine rings is 1. The summed E-state index contributed by atoms with van der Waals surface area (Å²) in [5.41, 5.74) is 0.881. The summed E-state index contributed by atoms with van der Waals surface area (Å²) in [6.07, 6.45) is 4.89. The van der Waals surface area contributed by atoms with Crippen molar-refractivity contribution in [2.24, 2.45) is 0 Å². The Morgan fingerprint density at radius 1 is 1.15 bits per heavy atom. The van der Waals surface area contributed by atoms with Gasteiger partial charge in [-0.1, -0.05) is 30.7 Å². The summed E-state index contributed by atoms with van der Waals surface area (Å²) in [5.74, 6) is -0.890. The van der Waals surface area contributed by atoms with Crippen LogP contribution in [0, 0.1) is 6.92 Å². The van der Waals surface area contributed by atoms with Gasteiger partial charge in [0, 0.05) is 18.0 Å². The molecule has 1 atom stereocenters. The van der Waals surface area contributed by atoms with Gasteiger partial charge in [0.25, 0.3) is 5.78 Å². The Balaban J connectivity index is 1.87. The number of nitrogens with zero attached hydrogens (tertiary/aromatic N) is 4. The number of aryl methyl sites for hydroxylation is 1. The first kappa shape index (κ1) is 23.4. The van der Waals surface area contributed by atoms with E-state index >= 15 is 0 Å². The van der Waals surface area contributed by atoms with Gasteiger partial charge < -0.3 is 14.6 Å². The van der Waals surface area contributed by atoms with Crippen LogP contribution in [0.1, 0.15) is 41.9 Å². The Hall–Kier alpha value is -3.79. The summed E-state index contributed by atoms with van der Waals surface area (Å²) in [6.45, 7) is 4.37. The number of ether oxygens (including phenoxy) is 2. The van der Waals surface area contributed by atoms with Crippen LogP contribution in [0.4, 0.5) is 5.13 Å². The van der Waals surface area contributed by atoms with Gasteiger partial charge >= 0.3 is 5.91 Å². The van der Waals surface area contributed by atoms with Crippen LogP contribution in [-0.2, 0) is 9.59 Å². The lowest BCUT2D eigenvalue weighted by Crippen LogP contribution is -2.29. The molecule has 1 aromatic carbocycles. The first-order valence-corrected chi connectivity index (χ1v) is 11.6. The van der Waals surface area contributed by atoms with Gasteiger partial charge in [0.05, 0.1) is 25.3 Å². The summed E-state index contributed by atoms with van der Waals surface area (Å²) in [6, 6.07) is 7.40. The molecule has 4 rings (SSSR count). The highest BCUT2D eigenvalue weighted by Crippen LogP contribution is 2.44. The number of aromatic nitrogens is 3. The molecule has 0 bridgehead atoms. The number of benzene rings is 1. The maximum absolute atomic E-state index is 13.2. The molecule has 0 saturated carbocycles. The average molecular weight is 481 g/mol. The number of Topliss-reactive ketones (excluding diaryl/α,β-unsaturated/α-hetero) is 1. The predicted molar refractivity (Wildman–Crippen MR) is 127 cm³/mol. The van der Waals surface area contributed by atoms with Gasteiger partial charge in [0.1, 0.15) is 10.8 Å². The van der Waals surface area contributed by atoms with E-state index in [1.54, 1.807) is 37.3 Å². The predicted octanol–water partition coefficient (Wildman–Crippen LogP) is 4.06. The fourth-order valence-electron chi connectivity index (χ4n) is 3.69. The van der Waals surface area contributed by atoms with Crippen LogP contribution in [0.5, 0.6) is 11.5 Å². The topological polar surface area (TPSA) is 115 Å². The zero-order valence-corrected chi connectivity index (χ0v) is 19.8. The van der Waals surface area contributed by atoms with Crippen LogP contribution < -0.4 is 14.4 Å². The number of aliphatic hydroxyl groups is 1. The minimum atomic E-state index is -0.931. The lowest BCUT2D eigenvalue weighted by atomic mass is 9.95. The number of hydrogen-bond donors (Lipinski definition) is 1. The molecule has 3 heterocycles. The number of rotatable bonds is 8. The number of hydrogen-bond acceptors (Lipinski definition) is 9. The molecule has 1 aliphatic rings.